The maximum Gasteiger partial charge on any atom is 0.314 e. The first kappa shape index (κ1) is 15.7. The van der Waals surface area contributed by atoms with Gasteiger partial charge >= 0.3 is 5.69 Å². The van der Waals surface area contributed by atoms with Gasteiger partial charge in [0.25, 0.3) is 0 Å². The number of aromatic nitrogens is 1. The van der Waals surface area contributed by atoms with Gasteiger partial charge in [-0.15, -0.1) is 0 Å². The van der Waals surface area contributed by atoms with Crippen molar-refractivity contribution in [2.75, 3.05) is 5.32 Å². The Labute approximate surface area is 130 Å². The zero-order valence-electron chi connectivity index (χ0n) is 11.5. The molecule has 0 aliphatic rings. The zero-order chi connectivity index (χ0) is 16.3. The van der Waals surface area contributed by atoms with E-state index in [1.165, 1.54) is 6.07 Å². The Bertz CT molecular complexity index is 732. The van der Waals surface area contributed by atoms with Gasteiger partial charge < -0.3 is 10.4 Å². The molecule has 0 aliphatic carbocycles. The number of nitrogens with zero attached hydrogens (tertiary/aromatic N) is 2. The number of hydrogen-bond donors (Lipinski definition) is 2. The Kier molecular flexibility index (Phi) is 4.57. The van der Waals surface area contributed by atoms with Crippen LogP contribution in [0, 0.1) is 17.0 Å². The first-order chi connectivity index (χ1) is 10.4. The molecule has 1 heterocycles. The van der Waals surface area contributed by atoms with Crippen molar-refractivity contribution >= 4 is 28.9 Å². The number of anilines is 1. The Hall–Kier alpha value is -2.67. The molecule has 2 aromatic rings. The quantitative estimate of drug-likeness (QED) is 0.511. The predicted molar refractivity (Wildman–Crippen MR) is 81.1 cm³/mol. The topological polar surface area (TPSA) is 105 Å². The summed E-state index contributed by atoms with van der Waals surface area (Å²) in [4.78, 5) is 26.0. The van der Waals surface area contributed by atoms with E-state index < -0.39 is 22.3 Å². The van der Waals surface area contributed by atoms with Crippen LogP contribution >= 0.6 is 11.6 Å². The molecule has 0 radical (unpaired) electrons. The molecule has 2 rings (SSSR count). The summed E-state index contributed by atoms with van der Waals surface area (Å²) in [6.45, 7) is 1.83. The third-order valence-electron chi connectivity index (χ3n) is 2.86. The highest BCUT2D eigenvalue weighted by Gasteiger charge is 2.20. The van der Waals surface area contributed by atoms with Gasteiger partial charge in [-0.3, -0.25) is 19.9 Å². The molecule has 7 nitrogen and oxygen atoms in total. The summed E-state index contributed by atoms with van der Waals surface area (Å²) in [5.74, 6) is -1.08. The Morgan fingerprint density at radius 1 is 1.45 bits per heavy atom. The van der Waals surface area contributed by atoms with Crippen LogP contribution in [-0.2, 0) is 11.2 Å². The first-order valence-electron chi connectivity index (χ1n) is 6.25. The molecule has 2 N–H and O–H groups in total. The Morgan fingerprint density at radius 3 is 2.77 bits per heavy atom. The molecular weight excluding hydrogens is 310 g/mol. The number of nitro benzene ring substituents is 1. The smallest absolute Gasteiger partial charge is 0.314 e. The number of halogens is 1. The first-order valence-corrected chi connectivity index (χ1v) is 6.63. The minimum Gasteiger partial charge on any atom is -0.501 e. The van der Waals surface area contributed by atoms with Crippen molar-refractivity contribution in [2.24, 2.45) is 0 Å². The fraction of sp³-hybridized carbons (Fsp3) is 0.143. The lowest BCUT2D eigenvalue weighted by Gasteiger charge is -2.08. The maximum absolute atomic E-state index is 11.9. The average Bonchev–Trinajstić information content (AvgIpc) is 2.44. The molecule has 0 saturated carbocycles. The van der Waals surface area contributed by atoms with E-state index in [1.807, 2.05) is 6.92 Å². The molecule has 0 atom stereocenters. The Morgan fingerprint density at radius 2 is 2.18 bits per heavy atom. The van der Waals surface area contributed by atoms with E-state index in [4.69, 9.17) is 11.6 Å². The second-order valence-corrected chi connectivity index (χ2v) is 5.05. The van der Waals surface area contributed by atoms with Gasteiger partial charge in [-0.2, -0.15) is 0 Å². The van der Waals surface area contributed by atoms with Crippen LogP contribution in [0.15, 0.2) is 30.5 Å². The lowest BCUT2D eigenvalue weighted by Crippen LogP contribution is -2.15. The van der Waals surface area contributed by atoms with Gasteiger partial charge in [0.2, 0.25) is 11.7 Å². The van der Waals surface area contributed by atoms with Crippen LogP contribution in [0.5, 0.6) is 5.75 Å². The van der Waals surface area contributed by atoms with E-state index in [0.29, 0.717) is 5.56 Å². The van der Waals surface area contributed by atoms with Crippen molar-refractivity contribution in [2.45, 2.75) is 13.3 Å². The van der Waals surface area contributed by atoms with Crippen molar-refractivity contribution < 1.29 is 14.8 Å². The molecule has 1 amide bonds. The van der Waals surface area contributed by atoms with E-state index in [0.717, 1.165) is 11.8 Å². The molecule has 114 valence electrons. The number of rotatable bonds is 4. The van der Waals surface area contributed by atoms with Crippen LogP contribution in [-0.4, -0.2) is 20.9 Å². The standard InChI is InChI=1S/C14H12ClN3O4/c1-8-2-3-9(7-16-8)4-13(19)17-11-5-10(15)6-12(14(11)20)18(21)22/h2-3,5-7,20H,4H2,1H3,(H,17,19). The minimum absolute atomic E-state index is 0.0209. The number of hydrogen-bond acceptors (Lipinski definition) is 5. The number of aromatic hydroxyl groups is 1. The van der Waals surface area contributed by atoms with E-state index >= 15 is 0 Å². The molecule has 0 fully saturated rings. The number of carbonyl (C=O) groups excluding carboxylic acids is 1. The third kappa shape index (κ3) is 3.70. The fourth-order valence-corrected chi connectivity index (χ4v) is 2.01. The van der Waals surface area contributed by atoms with Crippen molar-refractivity contribution in [3.05, 3.63) is 56.9 Å². The number of phenols is 1. The lowest BCUT2D eigenvalue weighted by atomic mass is 10.2. The highest BCUT2D eigenvalue weighted by molar-refractivity contribution is 6.31. The predicted octanol–water partition coefficient (Wildman–Crippen LogP) is 2.84. The SMILES string of the molecule is Cc1ccc(CC(=O)Nc2cc(Cl)cc([N+](=O)[O-])c2O)cn1. The summed E-state index contributed by atoms with van der Waals surface area (Å²) in [7, 11) is 0. The van der Waals surface area contributed by atoms with E-state index in [2.05, 4.69) is 10.3 Å². The van der Waals surface area contributed by atoms with Gasteiger partial charge in [0, 0.05) is 23.0 Å². The summed E-state index contributed by atoms with van der Waals surface area (Å²) >= 11 is 5.75. The van der Waals surface area contributed by atoms with Crippen molar-refractivity contribution in [3.63, 3.8) is 0 Å². The summed E-state index contributed by atoms with van der Waals surface area (Å²) in [6, 6.07) is 5.78. The molecular formula is C14H12ClN3O4. The van der Waals surface area contributed by atoms with Gasteiger partial charge in [-0.05, 0) is 24.6 Å². The summed E-state index contributed by atoms with van der Waals surface area (Å²) in [5, 5.41) is 23.1. The second kappa shape index (κ2) is 6.40. The number of aryl methyl sites for hydroxylation is 1. The molecule has 1 aromatic heterocycles. The molecule has 0 aliphatic heterocycles. The third-order valence-corrected chi connectivity index (χ3v) is 3.08. The number of amides is 1. The van der Waals surface area contributed by atoms with E-state index in [1.54, 1.807) is 18.3 Å². The highest BCUT2D eigenvalue weighted by Crippen LogP contribution is 2.36. The van der Waals surface area contributed by atoms with Gasteiger partial charge in [0.05, 0.1) is 17.0 Å². The Balaban J connectivity index is 2.18. The lowest BCUT2D eigenvalue weighted by molar-refractivity contribution is -0.385. The molecule has 0 unspecified atom stereocenters. The highest BCUT2D eigenvalue weighted by atomic mass is 35.5. The largest absolute Gasteiger partial charge is 0.501 e. The second-order valence-electron chi connectivity index (χ2n) is 4.61. The van der Waals surface area contributed by atoms with Crippen LogP contribution < -0.4 is 5.32 Å². The summed E-state index contributed by atoms with van der Waals surface area (Å²) < 4.78 is 0. The normalized spacial score (nSPS) is 10.3. The number of carbonyl (C=O) groups is 1. The molecule has 22 heavy (non-hydrogen) atoms. The van der Waals surface area contributed by atoms with E-state index in [-0.39, 0.29) is 17.1 Å². The molecule has 1 aromatic carbocycles. The van der Waals surface area contributed by atoms with Crippen LogP contribution in [0.3, 0.4) is 0 Å². The number of pyridine rings is 1. The molecule has 0 bridgehead atoms. The maximum atomic E-state index is 11.9. The van der Waals surface area contributed by atoms with E-state index in [9.17, 15) is 20.0 Å². The van der Waals surface area contributed by atoms with Gasteiger partial charge in [0.1, 0.15) is 0 Å². The summed E-state index contributed by atoms with van der Waals surface area (Å²) in [6.07, 6.45) is 1.59. The van der Waals surface area contributed by atoms with Crippen LogP contribution in [0.4, 0.5) is 11.4 Å². The van der Waals surface area contributed by atoms with Crippen molar-refractivity contribution in [1.82, 2.24) is 4.98 Å². The molecule has 8 heteroatoms. The average molecular weight is 322 g/mol. The van der Waals surface area contributed by atoms with Gasteiger partial charge in [-0.1, -0.05) is 17.7 Å². The fourth-order valence-electron chi connectivity index (χ4n) is 1.80. The monoisotopic (exact) mass is 321 g/mol. The number of nitro groups is 1. The summed E-state index contributed by atoms with van der Waals surface area (Å²) in [5.41, 5.74) is 0.829. The number of nitrogens with one attached hydrogen (secondary N) is 1. The molecule has 0 saturated heterocycles. The number of benzene rings is 1. The van der Waals surface area contributed by atoms with Crippen LogP contribution in [0.1, 0.15) is 11.3 Å². The molecule has 0 spiro atoms. The zero-order valence-corrected chi connectivity index (χ0v) is 12.3. The van der Waals surface area contributed by atoms with Crippen LogP contribution in [0.25, 0.3) is 0 Å². The van der Waals surface area contributed by atoms with Gasteiger partial charge in [0.15, 0.2) is 0 Å². The minimum atomic E-state index is -0.777. The number of phenolic OH excluding ortho intramolecular Hbond substituents is 1. The van der Waals surface area contributed by atoms with Crippen molar-refractivity contribution in [3.8, 4) is 5.75 Å². The van der Waals surface area contributed by atoms with Crippen molar-refractivity contribution in [1.29, 1.82) is 0 Å². The van der Waals surface area contributed by atoms with Gasteiger partial charge in [-0.25, -0.2) is 0 Å². The van der Waals surface area contributed by atoms with Crippen LogP contribution in [0.2, 0.25) is 5.02 Å².